The zero-order valence-corrected chi connectivity index (χ0v) is 19.0. The summed E-state index contributed by atoms with van der Waals surface area (Å²) in [7, 11) is 1.64. The van der Waals surface area contributed by atoms with E-state index in [1.807, 2.05) is 18.2 Å². The third-order valence-corrected chi connectivity index (χ3v) is 5.55. The molecule has 0 amide bonds. The minimum absolute atomic E-state index is 0.118. The van der Waals surface area contributed by atoms with Crippen molar-refractivity contribution in [2.75, 3.05) is 20.2 Å². The van der Waals surface area contributed by atoms with Crippen LogP contribution in [0.2, 0.25) is 0 Å². The third kappa shape index (κ3) is 5.79. The van der Waals surface area contributed by atoms with E-state index in [9.17, 15) is 4.79 Å². The molecular weight excluding hydrogens is 398 g/mol. The van der Waals surface area contributed by atoms with Gasteiger partial charge in [-0.05, 0) is 30.0 Å². The summed E-state index contributed by atoms with van der Waals surface area (Å²) >= 11 is 1.53. The predicted molar refractivity (Wildman–Crippen MR) is 119 cm³/mol. The van der Waals surface area contributed by atoms with Crippen LogP contribution in [0.1, 0.15) is 33.3 Å². The van der Waals surface area contributed by atoms with Crippen molar-refractivity contribution in [2.24, 2.45) is 5.41 Å². The number of ether oxygens (including phenoxy) is 1. The topological polar surface area (TPSA) is 81.9 Å². The summed E-state index contributed by atoms with van der Waals surface area (Å²) in [5.74, 6) is 0.867. The van der Waals surface area contributed by atoms with Gasteiger partial charge in [0, 0.05) is 31.0 Å². The number of hydrogen-bond acceptors (Lipinski definition) is 7. The molecule has 0 bridgehead atoms. The van der Waals surface area contributed by atoms with Crippen molar-refractivity contribution in [3.8, 4) is 5.75 Å². The number of methoxy groups -OCH3 is 1. The number of ketones is 1. The number of carbonyl (C=O) groups excluding carboxylic acids is 1. The fraction of sp³-hybridized carbons (Fsp3) is 0.455. The molecule has 0 aliphatic heterocycles. The van der Waals surface area contributed by atoms with E-state index in [2.05, 4.69) is 40.6 Å². The van der Waals surface area contributed by atoms with E-state index in [4.69, 9.17) is 9.72 Å². The zero-order chi connectivity index (χ0) is 21.7. The number of imidazole rings is 1. The van der Waals surface area contributed by atoms with Gasteiger partial charge in [0.1, 0.15) is 23.4 Å². The first kappa shape index (κ1) is 22.2. The minimum Gasteiger partial charge on any atom is -0.497 e. The average Bonchev–Trinajstić information content (AvgIpc) is 3.02. The molecule has 3 aromatic rings. The average molecular weight is 428 g/mol. The summed E-state index contributed by atoms with van der Waals surface area (Å²) in [6.07, 6.45) is 3.65. The highest BCUT2D eigenvalue weighted by Gasteiger charge is 2.17. The molecule has 2 heterocycles. The van der Waals surface area contributed by atoms with E-state index in [0.717, 1.165) is 52.2 Å². The van der Waals surface area contributed by atoms with Crippen LogP contribution in [0.4, 0.5) is 0 Å². The summed E-state index contributed by atoms with van der Waals surface area (Å²) in [4.78, 5) is 26.0. The number of carbonyl (C=O) groups is 1. The minimum atomic E-state index is 0.118. The van der Waals surface area contributed by atoms with Crippen LogP contribution in [0, 0.1) is 5.41 Å². The molecule has 2 aromatic heterocycles. The van der Waals surface area contributed by atoms with Crippen molar-refractivity contribution >= 4 is 28.7 Å². The van der Waals surface area contributed by atoms with Gasteiger partial charge in [-0.25, -0.2) is 15.0 Å². The number of fused-ring (bicyclic) bond motifs is 1. The summed E-state index contributed by atoms with van der Waals surface area (Å²) in [5.41, 5.74) is 2.75. The predicted octanol–water partition coefficient (Wildman–Crippen LogP) is 3.75. The maximum Gasteiger partial charge on any atom is 0.175 e. The highest BCUT2D eigenvalue weighted by molar-refractivity contribution is 7.99. The number of Topliss-reactive ketones (excluding diaryl/α,β-unsaturated/α-hetero) is 1. The molecular formula is C22H29N5O2S. The van der Waals surface area contributed by atoms with Gasteiger partial charge in [0.25, 0.3) is 0 Å². The molecule has 1 aromatic carbocycles. The molecule has 0 aliphatic rings. The van der Waals surface area contributed by atoms with Crippen LogP contribution in [0.15, 0.2) is 40.8 Å². The van der Waals surface area contributed by atoms with Crippen molar-refractivity contribution in [1.82, 2.24) is 24.8 Å². The first-order valence-corrected chi connectivity index (χ1v) is 10.8. The van der Waals surface area contributed by atoms with Crippen LogP contribution in [-0.2, 0) is 17.8 Å². The molecule has 160 valence electrons. The number of rotatable bonds is 9. The van der Waals surface area contributed by atoms with E-state index in [-0.39, 0.29) is 11.2 Å². The zero-order valence-electron chi connectivity index (χ0n) is 18.2. The number of nitrogens with zero attached hydrogens (tertiary/aromatic N) is 4. The Morgan fingerprint density at radius 1 is 1.30 bits per heavy atom. The van der Waals surface area contributed by atoms with E-state index in [1.54, 1.807) is 26.6 Å². The van der Waals surface area contributed by atoms with Gasteiger partial charge < -0.3 is 14.6 Å². The summed E-state index contributed by atoms with van der Waals surface area (Å²) in [6.45, 7) is 10.7. The Balaban J connectivity index is 1.91. The van der Waals surface area contributed by atoms with Gasteiger partial charge in [-0.15, -0.1) is 0 Å². The Labute approximate surface area is 181 Å². The van der Waals surface area contributed by atoms with Gasteiger partial charge in [-0.2, -0.15) is 0 Å². The molecule has 0 saturated carbocycles. The SMILES string of the molecule is COc1ccc(CC(C)=O)c(Sc2nc3cncnc3n2CCNCC(C)(C)C)c1. The van der Waals surface area contributed by atoms with Crippen molar-refractivity contribution in [3.05, 3.63) is 36.3 Å². The highest BCUT2D eigenvalue weighted by atomic mass is 32.2. The number of aromatic nitrogens is 4. The van der Waals surface area contributed by atoms with Crippen LogP contribution < -0.4 is 10.1 Å². The number of hydrogen-bond donors (Lipinski definition) is 1. The fourth-order valence-corrected chi connectivity index (χ4v) is 4.13. The van der Waals surface area contributed by atoms with Gasteiger partial charge >= 0.3 is 0 Å². The normalized spacial score (nSPS) is 11.8. The Kier molecular flexibility index (Phi) is 7.10. The molecule has 0 aliphatic carbocycles. The summed E-state index contributed by atoms with van der Waals surface area (Å²) < 4.78 is 7.50. The molecule has 0 fully saturated rings. The lowest BCUT2D eigenvalue weighted by molar-refractivity contribution is -0.116. The molecule has 0 atom stereocenters. The summed E-state index contributed by atoms with van der Waals surface area (Å²) in [5, 5.41) is 4.33. The second kappa shape index (κ2) is 9.57. The lowest BCUT2D eigenvalue weighted by Gasteiger charge is -2.19. The second-order valence-corrected chi connectivity index (χ2v) is 9.48. The van der Waals surface area contributed by atoms with Gasteiger partial charge in [-0.1, -0.05) is 38.6 Å². The van der Waals surface area contributed by atoms with E-state index in [1.165, 1.54) is 11.8 Å². The van der Waals surface area contributed by atoms with E-state index in [0.29, 0.717) is 6.42 Å². The van der Waals surface area contributed by atoms with Gasteiger partial charge in [-0.3, -0.25) is 4.79 Å². The Hall–Kier alpha value is -2.45. The quantitative estimate of drug-likeness (QED) is 0.521. The Morgan fingerprint density at radius 3 is 2.80 bits per heavy atom. The largest absolute Gasteiger partial charge is 0.497 e. The number of benzene rings is 1. The first-order valence-electron chi connectivity index (χ1n) is 9.98. The monoisotopic (exact) mass is 427 g/mol. The van der Waals surface area contributed by atoms with Crippen molar-refractivity contribution in [2.45, 2.75) is 50.7 Å². The molecule has 0 spiro atoms. The third-order valence-electron chi connectivity index (χ3n) is 4.46. The van der Waals surface area contributed by atoms with Crippen LogP contribution in [-0.4, -0.2) is 45.5 Å². The lowest BCUT2D eigenvalue weighted by Crippen LogP contribution is -2.29. The molecule has 0 radical (unpaired) electrons. The smallest absolute Gasteiger partial charge is 0.175 e. The Morgan fingerprint density at radius 2 is 2.10 bits per heavy atom. The Bertz CT molecular complexity index is 1030. The maximum absolute atomic E-state index is 11.7. The molecule has 0 saturated heterocycles. The van der Waals surface area contributed by atoms with Crippen LogP contribution in [0.3, 0.4) is 0 Å². The second-order valence-electron chi connectivity index (χ2n) is 8.47. The van der Waals surface area contributed by atoms with Crippen molar-refractivity contribution in [3.63, 3.8) is 0 Å². The van der Waals surface area contributed by atoms with E-state index < -0.39 is 0 Å². The number of nitrogens with one attached hydrogen (secondary N) is 1. The molecule has 0 unspecified atom stereocenters. The van der Waals surface area contributed by atoms with Gasteiger partial charge in [0.2, 0.25) is 0 Å². The van der Waals surface area contributed by atoms with Gasteiger partial charge in [0.05, 0.1) is 13.3 Å². The van der Waals surface area contributed by atoms with Crippen molar-refractivity contribution in [1.29, 1.82) is 0 Å². The summed E-state index contributed by atoms with van der Waals surface area (Å²) in [6, 6.07) is 5.78. The molecule has 30 heavy (non-hydrogen) atoms. The van der Waals surface area contributed by atoms with Gasteiger partial charge in [0.15, 0.2) is 10.8 Å². The molecule has 7 nitrogen and oxygen atoms in total. The fourth-order valence-electron chi connectivity index (χ4n) is 3.06. The lowest BCUT2D eigenvalue weighted by atomic mass is 9.97. The highest BCUT2D eigenvalue weighted by Crippen LogP contribution is 2.34. The molecule has 1 N–H and O–H groups in total. The molecule has 3 rings (SSSR count). The van der Waals surface area contributed by atoms with Crippen LogP contribution in [0.25, 0.3) is 11.2 Å². The standard InChI is InChI=1S/C22H29N5O2S/c1-15(28)10-16-6-7-17(29-5)11-19(16)30-21-26-18-12-24-14-25-20(18)27(21)9-8-23-13-22(2,3)4/h6-7,11-12,14,23H,8-10,13H2,1-5H3. The van der Waals surface area contributed by atoms with E-state index >= 15 is 0 Å². The van der Waals surface area contributed by atoms with Crippen molar-refractivity contribution < 1.29 is 9.53 Å². The van der Waals surface area contributed by atoms with Crippen LogP contribution >= 0.6 is 11.8 Å². The molecule has 8 heteroatoms. The van der Waals surface area contributed by atoms with Crippen LogP contribution in [0.5, 0.6) is 5.75 Å². The first-order chi connectivity index (χ1) is 14.3. The maximum atomic E-state index is 11.7.